The van der Waals surface area contributed by atoms with Crippen molar-refractivity contribution in [1.29, 1.82) is 0 Å². The van der Waals surface area contributed by atoms with Gasteiger partial charge in [0.1, 0.15) is 21.2 Å². The van der Waals surface area contributed by atoms with Crippen molar-refractivity contribution in [2.24, 2.45) is 0 Å². The van der Waals surface area contributed by atoms with Gasteiger partial charge < -0.3 is 20.0 Å². The second-order valence-corrected chi connectivity index (χ2v) is 8.73. The standard InChI is InChI=1S/C23H21F3N2O4S.Na/c1-13-18(33-20(28-13)15-6-8-16(9-7-15)23(24,25)26)19(29)27-12-14-4-10-17(11-5-14)32-22(2,3)21(30)31;/h4-11H,12H2,1-3H3,(H,27,29)(H,30,31);/q;+1/p-1. The molecule has 1 aromatic heterocycles. The molecule has 0 saturated heterocycles. The molecule has 0 aliphatic heterocycles. The van der Waals surface area contributed by atoms with Crippen molar-refractivity contribution in [3.8, 4) is 16.3 Å². The van der Waals surface area contributed by atoms with Gasteiger partial charge in [-0.25, -0.2) is 4.98 Å². The quantitative estimate of drug-likeness (QED) is 0.489. The summed E-state index contributed by atoms with van der Waals surface area (Å²) < 4.78 is 43.6. The van der Waals surface area contributed by atoms with E-state index in [1.807, 2.05) is 0 Å². The van der Waals surface area contributed by atoms with Gasteiger partial charge in [0.15, 0.2) is 0 Å². The molecular formula is C23H20F3N2NaO4S. The molecule has 0 saturated carbocycles. The van der Waals surface area contributed by atoms with Gasteiger partial charge in [-0.05, 0) is 50.6 Å². The molecule has 0 fully saturated rings. The number of carbonyl (C=O) groups excluding carboxylic acids is 2. The van der Waals surface area contributed by atoms with Gasteiger partial charge in [0.2, 0.25) is 0 Å². The summed E-state index contributed by atoms with van der Waals surface area (Å²) in [4.78, 5) is 28.3. The van der Waals surface area contributed by atoms with Crippen LogP contribution < -0.4 is 44.7 Å². The van der Waals surface area contributed by atoms with E-state index in [-0.39, 0.29) is 42.0 Å². The zero-order valence-corrected chi connectivity index (χ0v) is 21.8. The van der Waals surface area contributed by atoms with Gasteiger partial charge >= 0.3 is 35.7 Å². The van der Waals surface area contributed by atoms with Gasteiger partial charge in [-0.1, -0.05) is 24.3 Å². The topological polar surface area (TPSA) is 91.3 Å². The predicted octanol–water partition coefficient (Wildman–Crippen LogP) is 0.979. The molecule has 34 heavy (non-hydrogen) atoms. The Balaban J connectivity index is 0.00000408. The van der Waals surface area contributed by atoms with Crippen molar-refractivity contribution in [2.75, 3.05) is 0 Å². The van der Waals surface area contributed by atoms with Crippen molar-refractivity contribution in [3.05, 3.63) is 70.2 Å². The first-order valence-electron chi connectivity index (χ1n) is 9.79. The molecule has 2 aromatic carbocycles. The van der Waals surface area contributed by atoms with Crippen LogP contribution in [0.3, 0.4) is 0 Å². The number of aryl methyl sites for hydroxylation is 1. The van der Waals surface area contributed by atoms with Crippen LogP contribution >= 0.6 is 11.3 Å². The molecule has 0 spiro atoms. The Bertz CT molecular complexity index is 1160. The molecule has 0 aliphatic rings. The molecule has 174 valence electrons. The Labute approximate surface area is 220 Å². The number of halogens is 3. The summed E-state index contributed by atoms with van der Waals surface area (Å²) in [5.41, 5.74) is -0.514. The molecule has 0 aliphatic carbocycles. The monoisotopic (exact) mass is 500 g/mol. The Morgan fingerprint density at radius 3 is 2.18 bits per heavy atom. The molecule has 6 nitrogen and oxygen atoms in total. The summed E-state index contributed by atoms with van der Waals surface area (Å²) in [6.07, 6.45) is -4.42. The summed E-state index contributed by atoms with van der Waals surface area (Å²) in [7, 11) is 0. The fraction of sp³-hybridized carbons (Fsp3) is 0.261. The van der Waals surface area contributed by atoms with Gasteiger partial charge in [-0.3, -0.25) is 4.79 Å². The molecule has 0 atom stereocenters. The second-order valence-electron chi connectivity index (χ2n) is 7.74. The van der Waals surface area contributed by atoms with Crippen molar-refractivity contribution < 1.29 is 62.2 Å². The van der Waals surface area contributed by atoms with Crippen LogP contribution in [0.2, 0.25) is 0 Å². The fourth-order valence-corrected chi connectivity index (χ4v) is 3.79. The van der Waals surface area contributed by atoms with Crippen LogP contribution in [-0.4, -0.2) is 22.5 Å². The Kier molecular flexibility index (Phi) is 8.92. The van der Waals surface area contributed by atoms with E-state index in [1.165, 1.54) is 26.0 Å². The maximum atomic E-state index is 12.7. The minimum absolute atomic E-state index is 0. The second kappa shape index (κ2) is 10.9. The smallest absolute Gasteiger partial charge is 0.546 e. The SMILES string of the molecule is Cc1nc(-c2ccc(C(F)(F)F)cc2)sc1C(=O)NCc1ccc(OC(C)(C)C(=O)[O-])cc1.[Na+]. The number of hydrogen-bond donors (Lipinski definition) is 1. The van der Waals surface area contributed by atoms with E-state index in [9.17, 15) is 27.9 Å². The minimum Gasteiger partial charge on any atom is -0.546 e. The van der Waals surface area contributed by atoms with Gasteiger partial charge in [0.25, 0.3) is 5.91 Å². The number of aliphatic carboxylic acids is 1. The number of ether oxygens (including phenoxy) is 1. The number of thiazole rings is 1. The number of carboxylic acids is 1. The predicted molar refractivity (Wildman–Crippen MR) is 115 cm³/mol. The van der Waals surface area contributed by atoms with Crippen molar-refractivity contribution in [1.82, 2.24) is 10.3 Å². The number of rotatable bonds is 7. The Morgan fingerprint density at radius 1 is 1.06 bits per heavy atom. The number of benzene rings is 2. The summed E-state index contributed by atoms with van der Waals surface area (Å²) in [5.74, 6) is -1.35. The molecule has 3 aromatic rings. The van der Waals surface area contributed by atoms with Crippen LogP contribution in [0.25, 0.3) is 10.6 Å². The molecule has 3 rings (SSSR count). The maximum Gasteiger partial charge on any atom is 1.00 e. The third-order valence-electron chi connectivity index (χ3n) is 4.70. The first-order chi connectivity index (χ1) is 15.4. The van der Waals surface area contributed by atoms with Crippen LogP contribution in [-0.2, 0) is 17.5 Å². The van der Waals surface area contributed by atoms with E-state index < -0.39 is 23.3 Å². The summed E-state index contributed by atoms with van der Waals surface area (Å²) >= 11 is 1.09. The largest absolute Gasteiger partial charge is 1.00 e. The third kappa shape index (κ3) is 6.82. The third-order valence-corrected chi connectivity index (χ3v) is 5.91. The van der Waals surface area contributed by atoms with Crippen LogP contribution in [0.4, 0.5) is 13.2 Å². The zero-order valence-electron chi connectivity index (χ0n) is 18.9. The number of carboxylic acid groups (broad SMARTS) is 1. The average Bonchev–Trinajstić information content (AvgIpc) is 3.14. The van der Waals surface area contributed by atoms with E-state index in [2.05, 4.69) is 10.3 Å². The maximum absolute atomic E-state index is 12.7. The number of hydrogen-bond acceptors (Lipinski definition) is 6. The molecule has 0 unspecified atom stereocenters. The number of carbonyl (C=O) groups is 2. The molecule has 1 amide bonds. The number of nitrogens with one attached hydrogen (secondary N) is 1. The summed E-state index contributed by atoms with van der Waals surface area (Å²) in [6, 6.07) is 11.2. The van der Waals surface area contributed by atoms with Crippen LogP contribution in [0.5, 0.6) is 5.75 Å². The normalized spacial score (nSPS) is 11.5. The van der Waals surface area contributed by atoms with Gasteiger partial charge in [0, 0.05) is 12.1 Å². The van der Waals surface area contributed by atoms with E-state index in [0.29, 0.717) is 26.9 Å². The Hall–Kier alpha value is -2.40. The Morgan fingerprint density at radius 2 is 1.65 bits per heavy atom. The van der Waals surface area contributed by atoms with E-state index in [1.54, 1.807) is 31.2 Å². The van der Waals surface area contributed by atoms with Crippen molar-refractivity contribution >= 4 is 23.2 Å². The molecule has 1 N–H and O–H groups in total. The van der Waals surface area contributed by atoms with Gasteiger partial charge in [-0.2, -0.15) is 13.2 Å². The van der Waals surface area contributed by atoms with E-state index in [0.717, 1.165) is 29.0 Å². The van der Waals surface area contributed by atoms with Crippen molar-refractivity contribution in [3.63, 3.8) is 0 Å². The zero-order chi connectivity index (χ0) is 24.4. The molecule has 0 radical (unpaired) electrons. The van der Waals surface area contributed by atoms with Crippen molar-refractivity contribution in [2.45, 2.75) is 39.1 Å². The summed E-state index contributed by atoms with van der Waals surface area (Å²) in [6.45, 7) is 4.62. The first kappa shape index (κ1) is 27.8. The minimum atomic E-state index is -4.42. The molecular weight excluding hydrogens is 480 g/mol. The number of alkyl halides is 3. The fourth-order valence-electron chi connectivity index (χ4n) is 2.81. The average molecular weight is 500 g/mol. The number of aromatic nitrogens is 1. The van der Waals surface area contributed by atoms with E-state index >= 15 is 0 Å². The van der Waals surface area contributed by atoms with Gasteiger partial charge in [-0.15, -0.1) is 11.3 Å². The van der Waals surface area contributed by atoms with E-state index in [4.69, 9.17) is 4.74 Å². The van der Waals surface area contributed by atoms with Gasteiger partial charge in [0.05, 0.1) is 17.2 Å². The van der Waals surface area contributed by atoms with Crippen LogP contribution in [0.15, 0.2) is 48.5 Å². The molecule has 11 heteroatoms. The van der Waals surface area contributed by atoms with Crippen LogP contribution in [0.1, 0.15) is 40.3 Å². The number of amides is 1. The first-order valence-corrected chi connectivity index (χ1v) is 10.6. The molecule has 1 heterocycles. The van der Waals surface area contributed by atoms with Crippen LogP contribution in [0, 0.1) is 6.92 Å². The number of nitrogens with zero attached hydrogens (tertiary/aromatic N) is 1. The summed E-state index contributed by atoms with van der Waals surface area (Å²) in [5, 5.41) is 14.3. The molecule has 0 bridgehead atoms.